The zero-order valence-electron chi connectivity index (χ0n) is 18.6. The average molecular weight is 478 g/mol. The zero-order valence-corrected chi connectivity index (χ0v) is 18.6. The van der Waals surface area contributed by atoms with E-state index in [1.54, 1.807) is 6.92 Å². The summed E-state index contributed by atoms with van der Waals surface area (Å²) in [5.41, 5.74) is 0.494. The predicted octanol–water partition coefficient (Wildman–Crippen LogP) is 4.22. The molecule has 0 bridgehead atoms. The fraction of sp³-hybridized carbons (Fsp3) is 0.375. The molecule has 0 aliphatic heterocycles. The molecular formula is C24H25F3N2O5. The molecule has 34 heavy (non-hydrogen) atoms. The Balaban J connectivity index is 1.69. The van der Waals surface area contributed by atoms with Crippen molar-refractivity contribution in [2.24, 2.45) is 0 Å². The highest BCUT2D eigenvalue weighted by molar-refractivity contribution is 5.91. The van der Waals surface area contributed by atoms with Crippen LogP contribution in [-0.4, -0.2) is 47.4 Å². The molecule has 0 radical (unpaired) electrons. The number of amides is 2. The summed E-state index contributed by atoms with van der Waals surface area (Å²) in [6.45, 7) is 1.97. The lowest BCUT2D eigenvalue weighted by Gasteiger charge is -2.30. The van der Waals surface area contributed by atoms with Gasteiger partial charge in [0, 0.05) is 5.92 Å². The summed E-state index contributed by atoms with van der Waals surface area (Å²) in [5.74, 6) is -3.76. The fourth-order valence-corrected chi connectivity index (χ4v) is 3.92. The largest absolute Gasteiger partial charge is 0.479 e. The number of fused-ring (bicyclic) bond motifs is 3. The normalized spacial score (nSPS) is 15.4. The van der Waals surface area contributed by atoms with Crippen LogP contribution in [0.4, 0.5) is 18.0 Å². The third kappa shape index (κ3) is 4.85. The summed E-state index contributed by atoms with van der Waals surface area (Å²) in [7, 11) is 0. The van der Waals surface area contributed by atoms with Crippen molar-refractivity contribution in [2.45, 2.75) is 50.4 Å². The van der Waals surface area contributed by atoms with Gasteiger partial charge in [0.05, 0.1) is 0 Å². The number of alkyl carbamates (subject to hydrolysis) is 1. The number of aliphatic carboxylic acids is 1. The standard InChI is InChI=1S/C24H25F3N2O5/c1-3-8-19(20(30)29-23(2,21(31)32)24(25,26)27)28-22(33)34-13-18-16-11-6-4-9-14(16)15-10-5-7-12-17(15)18/h4-7,9-12,18-19H,3,8,13H2,1-2H3,(H,28,33)(H,29,30)(H,31,32). The van der Waals surface area contributed by atoms with Gasteiger partial charge in [-0.25, -0.2) is 9.59 Å². The highest BCUT2D eigenvalue weighted by atomic mass is 19.4. The number of halogens is 3. The smallest absolute Gasteiger partial charge is 0.422 e. The van der Waals surface area contributed by atoms with Crippen molar-refractivity contribution in [1.82, 2.24) is 10.6 Å². The van der Waals surface area contributed by atoms with Crippen LogP contribution in [0.2, 0.25) is 0 Å². The van der Waals surface area contributed by atoms with E-state index in [9.17, 15) is 27.6 Å². The molecule has 2 unspecified atom stereocenters. The highest BCUT2D eigenvalue weighted by Crippen LogP contribution is 2.44. The van der Waals surface area contributed by atoms with Crippen LogP contribution in [0.15, 0.2) is 48.5 Å². The van der Waals surface area contributed by atoms with Gasteiger partial charge < -0.3 is 20.5 Å². The Labute approximate surface area is 194 Å². The quantitative estimate of drug-likeness (QED) is 0.527. The predicted molar refractivity (Wildman–Crippen MR) is 117 cm³/mol. The molecule has 0 heterocycles. The minimum absolute atomic E-state index is 0.0103. The van der Waals surface area contributed by atoms with Gasteiger partial charge in [0.25, 0.3) is 0 Å². The molecule has 0 saturated heterocycles. The maximum absolute atomic E-state index is 13.3. The fourth-order valence-electron chi connectivity index (χ4n) is 3.92. The van der Waals surface area contributed by atoms with E-state index in [4.69, 9.17) is 9.84 Å². The molecule has 0 aromatic heterocycles. The third-order valence-corrected chi connectivity index (χ3v) is 5.90. The highest BCUT2D eigenvalue weighted by Gasteiger charge is 2.58. The Morgan fingerprint density at radius 3 is 2.03 bits per heavy atom. The van der Waals surface area contributed by atoms with Crippen molar-refractivity contribution in [3.8, 4) is 11.1 Å². The number of ether oxygens (including phenoxy) is 1. The van der Waals surface area contributed by atoms with E-state index in [1.807, 2.05) is 48.5 Å². The van der Waals surface area contributed by atoms with Crippen molar-refractivity contribution in [2.75, 3.05) is 6.61 Å². The first-order valence-electron chi connectivity index (χ1n) is 10.7. The second-order valence-corrected chi connectivity index (χ2v) is 8.23. The zero-order chi connectivity index (χ0) is 25.1. The molecule has 0 fully saturated rings. The number of carbonyl (C=O) groups excluding carboxylic acids is 2. The van der Waals surface area contributed by atoms with Gasteiger partial charge >= 0.3 is 18.2 Å². The van der Waals surface area contributed by atoms with E-state index in [1.165, 1.54) is 5.32 Å². The van der Waals surface area contributed by atoms with E-state index in [0.717, 1.165) is 22.3 Å². The lowest BCUT2D eigenvalue weighted by Crippen LogP contribution is -2.64. The summed E-state index contributed by atoms with van der Waals surface area (Å²) in [6.07, 6.45) is -5.89. The van der Waals surface area contributed by atoms with Crippen LogP contribution < -0.4 is 10.6 Å². The molecule has 1 aliphatic carbocycles. The number of hydrogen-bond donors (Lipinski definition) is 3. The van der Waals surface area contributed by atoms with Gasteiger partial charge in [-0.2, -0.15) is 13.2 Å². The number of carbonyl (C=O) groups is 3. The number of nitrogens with one attached hydrogen (secondary N) is 2. The first kappa shape index (κ1) is 25.1. The molecule has 2 aromatic carbocycles. The van der Waals surface area contributed by atoms with Crippen LogP contribution in [0.5, 0.6) is 0 Å². The van der Waals surface area contributed by atoms with Crippen molar-refractivity contribution >= 4 is 18.0 Å². The van der Waals surface area contributed by atoms with Crippen LogP contribution in [0.25, 0.3) is 11.1 Å². The number of hydrogen-bond acceptors (Lipinski definition) is 4. The molecule has 7 nitrogen and oxygen atoms in total. The second-order valence-electron chi connectivity index (χ2n) is 8.23. The van der Waals surface area contributed by atoms with Gasteiger partial charge in [-0.15, -0.1) is 0 Å². The van der Waals surface area contributed by atoms with E-state index in [2.05, 4.69) is 5.32 Å². The van der Waals surface area contributed by atoms with E-state index >= 15 is 0 Å². The maximum Gasteiger partial charge on any atom is 0.422 e. The molecule has 3 rings (SSSR count). The molecule has 2 atom stereocenters. The Morgan fingerprint density at radius 1 is 1.03 bits per heavy atom. The number of benzene rings is 2. The first-order valence-corrected chi connectivity index (χ1v) is 10.7. The first-order chi connectivity index (χ1) is 16.0. The molecule has 182 valence electrons. The van der Waals surface area contributed by atoms with Crippen LogP contribution in [-0.2, 0) is 14.3 Å². The van der Waals surface area contributed by atoms with E-state index in [-0.39, 0.29) is 18.9 Å². The van der Waals surface area contributed by atoms with Crippen molar-refractivity contribution in [3.05, 3.63) is 59.7 Å². The van der Waals surface area contributed by atoms with Crippen molar-refractivity contribution in [1.29, 1.82) is 0 Å². The molecule has 1 aliphatic rings. The molecule has 10 heteroatoms. The summed E-state index contributed by atoms with van der Waals surface area (Å²) in [5, 5.41) is 12.8. The summed E-state index contributed by atoms with van der Waals surface area (Å²) in [4.78, 5) is 36.1. The van der Waals surface area contributed by atoms with Gasteiger partial charge in [-0.05, 0) is 35.6 Å². The van der Waals surface area contributed by atoms with Gasteiger partial charge in [0.1, 0.15) is 12.6 Å². The van der Waals surface area contributed by atoms with Gasteiger partial charge in [-0.3, -0.25) is 4.79 Å². The van der Waals surface area contributed by atoms with Gasteiger partial charge in [-0.1, -0.05) is 61.9 Å². The van der Waals surface area contributed by atoms with Crippen molar-refractivity contribution < 1.29 is 37.4 Å². The van der Waals surface area contributed by atoms with Crippen molar-refractivity contribution in [3.63, 3.8) is 0 Å². The third-order valence-electron chi connectivity index (χ3n) is 5.90. The van der Waals surface area contributed by atoms with Crippen LogP contribution in [0, 0.1) is 0 Å². The van der Waals surface area contributed by atoms with Gasteiger partial charge in [0.15, 0.2) is 0 Å². The van der Waals surface area contributed by atoms with Crippen LogP contribution >= 0.6 is 0 Å². The minimum Gasteiger partial charge on any atom is -0.479 e. The van der Waals surface area contributed by atoms with E-state index < -0.39 is 35.7 Å². The Kier molecular flexibility index (Phi) is 7.18. The Hall–Kier alpha value is -3.56. The van der Waals surface area contributed by atoms with Crippen LogP contribution in [0.3, 0.4) is 0 Å². The molecule has 2 aromatic rings. The van der Waals surface area contributed by atoms with Crippen LogP contribution in [0.1, 0.15) is 43.7 Å². The topological polar surface area (TPSA) is 105 Å². The molecular weight excluding hydrogens is 453 g/mol. The molecule has 0 saturated carbocycles. The number of carboxylic acid groups (broad SMARTS) is 1. The Bertz CT molecular complexity index is 1040. The number of alkyl halides is 3. The average Bonchev–Trinajstić information content (AvgIpc) is 3.10. The second kappa shape index (κ2) is 9.74. The Morgan fingerprint density at radius 2 is 1.56 bits per heavy atom. The lowest BCUT2D eigenvalue weighted by atomic mass is 9.98. The SMILES string of the molecule is CCCC(NC(=O)OCC1c2ccccc2-c2ccccc21)C(=O)NC(C)(C(=O)O)C(F)(F)F. The lowest BCUT2D eigenvalue weighted by molar-refractivity contribution is -0.207. The van der Waals surface area contributed by atoms with Gasteiger partial charge in [0.2, 0.25) is 11.4 Å². The summed E-state index contributed by atoms with van der Waals surface area (Å²) >= 11 is 0. The monoisotopic (exact) mass is 478 g/mol. The molecule has 3 N–H and O–H groups in total. The number of carboxylic acids is 1. The number of rotatable bonds is 8. The molecule has 0 spiro atoms. The van der Waals surface area contributed by atoms with E-state index in [0.29, 0.717) is 13.3 Å². The molecule has 2 amide bonds. The minimum atomic E-state index is -5.24. The summed E-state index contributed by atoms with van der Waals surface area (Å²) in [6, 6.07) is 14.0. The maximum atomic E-state index is 13.3. The summed E-state index contributed by atoms with van der Waals surface area (Å²) < 4.78 is 45.1.